The molecule has 0 atom stereocenters. The maximum absolute atomic E-state index is 12.4. The van der Waals surface area contributed by atoms with Crippen molar-refractivity contribution in [2.75, 3.05) is 12.8 Å². The van der Waals surface area contributed by atoms with Crippen molar-refractivity contribution in [2.45, 2.75) is 24.7 Å². The van der Waals surface area contributed by atoms with Crippen LogP contribution in [0.25, 0.3) is 0 Å². The van der Waals surface area contributed by atoms with Crippen LogP contribution in [0, 0.1) is 0 Å². The van der Waals surface area contributed by atoms with Crippen LogP contribution in [0.15, 0.2) is 46.2 Å². The molecule has 6 nitrogen and oxygen atoms in total. The number of sulfone groups is 1. The monoisotopic (exact) mass is 348 g/mol. The van der Waals surface area contributed by atoms with E-state index in [4.69, 9.17) is 0 Å². The molecule has 1 aromatic carbocycles. The van der Waals surface area contributed by atoms with Crippen molar-refractivity contribution in [1.29, 1.82) is 0 Å². The smallest absolute Gasteiger partial charge is 0.251 e. The fourth-order valence-electron chi connectivity index (χ4n) is 2.32. The van der Waals surface area contributed by atoms with E-state index in [0.717, 1.165) is 17.4 Å². The summed E-state index contributed by atoms with van der Waals surface area (Å²) in [7, 11) is -3.37. The van der Waals surface area contributed by atoms with Crippen LogP contribution >= 0.6 is 0 Å². The van der Waals surface area contributed by atoms with Gasteiger partial charge in [-0.2, -0.15) is 0 Å². The zero-order valence-electron chi connectivity index (χ0n) is 13.6. The lowest BCUT2D eigenvalue weighted by atomic mass is 10.0. The second-order valence-corrected chi connectivity index (χ2v) is 7.53. The topological polar surface area (TPSA) is 96.1 Å². The number of aromatic amines is 1. The number of nitrogens with one attached hydrogen (secondary N) is 2. The first-order valence-corrected chi connectivity index (χ1v) is 9.49. The molecule has 0 saturated heterocycles. The number of pyridine rings is 1. The van der Waals surface area contributed by atoms with Gasteiger partial charge in [-0.1, -0.05) is 19.1 Å². The Labute approximate surface area is 140 Å². The predicted octanol–water partition coefficient (Wildman–Crippen LogP) is 1.31. The first kappa shape index (κ1) is 17.9. The summed E-state index contributed by atoms with van der Waals surface area (Å²) >= 11 is 0. The van der Waals surface area contributed by atoms with E-state index in [2.05, 4.69) is 10.3 Å². The van der Waals surface area contributed by atoms with Crippen LogP contribution in [-0.2, 0) is 22.7 Å². The number of amides is 1. The zero-order chi connectivity index (χ0) is 17.7. The van der Waals surface area contributed by atoms with E-state index in [1.807, 2.05) is 6.92 Å². The molecule has 0 aliphatic rings. The molecule has 0 saturated carbocycles. The molecule has 0 fully saturated rings. The molecule has 0 aliphatic heterocycles. The van der Waals surface area contributed by atoms with Gasteiger partial charge in [-0.3, -0.25) is 9.59 Å². The highest BCUT2D eigenvalue weighted by atomic mass is 32.2. The Morgan fingerprint density at radius 3 is 2.54 bits per heavy atom. The number of aromatic nitrogens is 1. The molecule has 1 aromatic heterocycles. The van der Waals surface area contributed by atoms with Crippen LogP contribution in [0.5, 0.6) is 0 Å². The summed E-state index contributed by atoms with van der Waals surface area (Å²) in [5.41, 5.74) is 1.90. The van der Waals surface area contributed by atoms with Gasteiger partial charge in [-0.25, -0.2) is 8.42 Å². The highest BCUT2D eigenvalue weighted by Crippen LogP contribution is 2.17. The molecule has 1 heterocycles. The van der Waals surface area contributed by atoms with Crippen molar-refractivity contribution < 1.29 is 13.2 Å². The molecule has 24 heavy (non-hydrogen) atoms. The van der Waals surface area contributed by atoms with E-state index >= 15 is 0 Å². The minimum absolute atomic E-state index is 0.130. The van der Waals surface area contributed by atoms with Crippen LogP contribution in [0.4, 0.5) is 0 Å². The summed E-state index contributed by atoms with van der Waals surface area (Å²) in [4.78, 5) is 26.1. The standard InChI is InChI=1S/C17H20N2O4S/c1-3-13-5-6-14(24(2,22)23)10-15(13)17(21)18-9-8-12-4-7-16(20)19-11-12/h4-7,10-11H,3,8-9H2,1-2H3,(H,18,21)(H,19,20). The van der Waals surface area contributed by atoms with E-state index in [9.17, 15) is 18.0 Å². The van der Waals surface area contributed by atoms with Crippen molar-refractivity contribution >= 4 is 15.7 Å². The largest absolute Gasteiger partial charge is 0.352 e. The third-order valence-corrected chi connectivity index (χ3v) is 4.79. The van der Waals surface area contributed by atoms with Gasteiger partial charge >= 0.3 is 0 Å². The Morgan fingerprint density at radius 1 is 1.21 bits per heavy atom. The van der Waals surface area contributed by atoms with Crippen molar-refractivity contribution in [2.24, 2.45) is 0 Å². The number of benzene rings is 1. The minimum Gasteiger partial charge on any atom is -0.352 e. The average Bonchev–Trinajstić information content (AvgIpc) is 2.55. The van der Waals surface area contributed by atoms with Gasteiger partial charge in [0.1, 0.15) is 0 Å². The Balaban J connectivity index is 2.10. The normalized spacial score (nSPS) is 11.2. The molecule has 0 bridgehead atoms. The minimum atomic E-state index is -3.37. The summed E-state index contributed by atoms with van der Waals surface area (Å²) in [6.07, 6.45) is 3.92. The Morgan fingerprint density at radius 2 is 1.96 bits per heavy atom. The predicted molar refractivity (Wildman–Crippen MR) is 92.0 cm³/mol. The van der Waals surface area contributed by atoms with Gasteiger partial charge < -0.3 is 10.3 Å². The molecular weight excluding hydrogens is 328 g/mol. The Hall–Kier alpha value is -2.41. The quantitative estimate of drug-likeness (QED) is 0.823. The van der Waals surface area contributed by atoms with Crippen LogP contribution in [-0.4, -0.2) is 32.1 Å². The zero-order valence-corrected chi connectivity index (χ0v) is 14.4. The number of aryl methyl sites for hydroxylation is 1. The average molecular weight is 348 g/mol. The SMILES string of the molecule is CCc1ccc(S(C)(=O)=O)cc1C(=O)NCCc1ccc(=O)[nH]c1. The van der Waals surface area contributed by atoms with Crippen molar-refractivity contribution in [3.63, 3.8) is 0 Å². The van der Waals surface area contributed by atoms with E-state index in [0.29, 0.717) is 24.9 Å². The summed E-state index contributed by atoms with van der Waals surface area (Å²) in [6, 6.07) is 7.75. The van der Waals surface area contributed by atoms with Crippen LogP contribution in [0.2, 0.25) is 0 Å². The maximum atomic E-state index is 12.4. The number of hydrogen-bond acceptors (Lipinski definition) is 4. The molecule has 0 radical (unpaired) electrons. The first-order chi connectivity index (χ1) is 11.3. The van der Waals surface area contributed by atoms with Crippen LogP contribution in [0.3, 0.4) is 0 Å². The van der Waals surface area contributed by atoms with E-state index < -0.39 is 9.84 Å². The van der Waals surface area contributed by atoms with Crippen molar-refractivity contribution in [3.8, 4) is 0 Å². The summed E-state index contributed by atoms with van der Waals surface area (Å²) in [6.45, 7) is 2.30. The number of carbonyl (C=O) groups is 1. The lowest BCUT2D eigenvalue weighted by Gasteiger charge is -2.11. The molecule has 2 rings (SSSR count). The second kappa shape index (κ2) is 7.44. The highest BCUT2D eigenvalue weighted by Gasteiger charge is 2.15. The molecule has 1 amide bonds. The van der Waals surface area contributed by atoms with E-state index in [-0.39, 0.29) is 16.4 Å². The van der Waals surface area contributed by atoms with Gasteiger partial charge in [0.15, 0.2) is 9.84 Å². The summed E-state index contributed by atoms with van der Waals surface area (Å²) in [5.74, 6) is -0.304. The van der Waals surface area contributed by atoms with Gasteiger partial charge in [-0.15, -0.1) is 0 Å². The molecular formula is C17H20N2O4S. The molecule has 128 valence electrons. The fourth-order valence-corrected chi connectivity index (χ4v) is 2.97. The molecule has 0 unspecified atom stereocenters. The first-order valence-electron chi connectivity index (χ1n) is 7.60. The number of rotatable bonds is 6. The third-order valence-electron chi connectivity index (χ3n) is 3.68. The van der Waals surface area contributed by atoms with Gasteiger partial charge in [0.2, 0.25) is 5.56 Å². The maximum Gasteiger partial charge on any atom is 0.251 e. The second-order valence-electron chi connectivity index (χ2n) is 5.51. The molecule has 2 N–H and O–H groups in total. The van der Waals surface area contributed by atoms with Gasteiger partial charge in [-0.05, 0) is 36.1 Å². The van der Waals surface area contributed by atoms with E-state index in [1.54, 1.807) is 18.3 Å². The lowest BCUT2D eigenvalue weighted by Crippen LogP contribution is -2.27. The molecule has 0 aliphatic carbocycles. The van der Waals surface area contributed by atoms with Crippen molar-refractivity contribution in [3.05, 3.63) is 63.6 Å². The third kappa shape index (κ3) is 4.55. The van der Waals surface area contributed by atoms with Crippen LogP contribution in [0.1, 0.15) is 28.4 Å². The number of carbonyl (C=O) groups excluding carboxylic acids is 1. The van der Waals surface area contributed by atoms with Gasteiger partial charge in [0.05, 0.1) is 4.90 Å². The highest BCUT2D eigenvalue weighted by molar-refractivity contribution is 7.90. The number of hydrogen-bond donors (Lipinski definition) is 2. The van der Waals surface area contributed by atoms with E-state index in [1.165, 1.54) is 18.2 Å². The van der Waals surface area contributed by atoms with Crippen molar-refractivity contribution in [1.82, 2.24) is 10.3 Å². The fraction of sp³-hybridized carbons (Fsp3) is 0.294. The lowest BCUT2D eigenvalue weighted by molar-refractivity contribution is 0.0953. The van der Waals surface area contributed by atoms with Gasteiger partial charge in [0, 0.05) is 30.6 Å². The van der Waals surface area contributed by atoms with Gasteiger partial charge in [0.25, 0.3) is 5.91 Å². The van der Waals surface area contributed by atoms with Crippen LogP contribution < -0.4 is 10.9 Å². The Bertz CT molecular complexity index is 881. The number of H-pyrrole nitrogens is 1. The summed E-state index contributed by atoms with van der Waals surface area (Å²) in [5, 5.41) is 2.79. The Kier molecular flexibility index (Phi) is 5.56. The molecule has 2 aromatic rings. The molecule has 7 heteroatoms. The summed E-state index contributed by atoms with van der Waals surface area (Å²) < 4.78 is 23.3. The molecule has 0 spiro atoms.